The second-order valence-electron chi connectivity index (χ2n) is 9.91. The molecule has 2 N–H and O–H groups in total. The minimum Gasteiger partial charge on any atom is -0.396 e. The SMILES string of the molecule is COC1CCC2C3CCC4=CC(=NOCCCN)CCC4(C)C3CCC12C. The lowest BCUT2D eigenvalue weighted by Crippen LogP contribution is -2.51. The molecule has 0 aromatic carbocycles. The van der Waals surface area contributed by atoms with Crippen LogP contribution in [0, 0.1) is 28.6 Å². The third-order valence-corrected chi connectivity index (χ3v) is 8.80. The van der Waals surface area contributed by atoms with Crippen LogP contribution in [0.5, 0.6) is 0 Å². The molecular formula is C23H38N2O2. The molecule has 4 rings (SSSR count). The highest BCUT2D eigenvalue weighted by Crippen LogP contribution is 2.65. The van der Waals surface area contributed by atoms with Gasteiger partial charge in [0.2, 0.25) is 0 Å². The minimum absolute atomic E-state index is 0.367. The molecule has 3 saturated carbocycles. The zero-order valence-electron chi connectivity index (χ0n) is 17.5. The van der Waals surface area contributed by atoms with E-state index in [0.29, 0.717) is 30.1 Å². The van der Waals surface area contributed by atoms with Crippen molar-refractivity contribution < 1.29 is 9.57 Å². The predicted molar refractivity (Wildman–Crippen MR) is 110 cm³/mol. The molecule has 0 heterocycles. The predicted octanol–water partition coefficient (Wildman–Crippen LogP) is 4.69. The third-order valence-electron chi connectivity index (χ3n) is 8.80. The van der Waals surface area contributed by atoms with E-state index in [2.05, 4.69) is 25.1 Å². The number of methoxy groups -OCH3 is 1. The van der Waals surface area contributed by atoms with E-state index in [9.17, 15) is 0 Å². The van der Waals surface area contributed by atoms with Crippen LogP contribution in [0.3, 0.4) is 0 Å². The topological polar surface area (TPSA) is 56.8 Å². The Morgan fingerprint density at radius 2 is 1.96 bits per heavy atom. The van der Waals surface area contributed by atoms with E-state index in [1.165, 1.54) is 44.9 Å². The Bertz CT molecular complexity index is 615. The zero-order chi connectivity index (χ0) is 19.1. The molecule has 0 radical (unpaired) electrons. The molecule has 4 heteroatoms. The van der Waals surface area contributed by atoms with Crippen molar-refractivity contribution in [3.63, 3.8) is 0 Å². The van der Waals surface area contributed by atoms with Crippen LogP contribution < -0.4 is 5.73 Å². The monoisotopic (exact) mass is 374 g/mol. The molecule has 4 aliphatic rings. The fourth-order valence-corrected chi connectivity index (χ4v) is 7.26. The molecule has 0 aromatic heterocycles. The van der Waals surface area contributed by atoms with Crippen LogP contribution in [-0.4, -0.2) is 32.1 Å². The van der Waals surface area contributed by atoms with Crippen LogP contribution in [0.25, 0.3) is 0 Å². The van der Waals surface area contributed by atoms with Gasteiger partial charge in [-0.25, -0.2) is 0 Å². The molecule has 6 unspecified atom stereocenters. The molecule has 0 saturated heterocycles. The van der Waals surface area contributed by atoms with Crippen LogP contribution in [0.1, 0.15) is 71.6 Å². The molecule has 0 aromatic rings. The molecule has 0 bridgehead atoms. The molecule has 27 heavy (non-hydrogen) atoms. The first-order valence-corrected chi connectivity index (χ1v) is 11.2. The lowest BCUT2D eigenvalue weighted by Gasteiger charge is -2.58. The van der Waals surface area contributed by atoms with Crippen molar-refractivity contribution in [3.05, 3.63) is 11.6 Å². The van der Waals surface area contributed by atoms with Gasteiger partial charge in [-0.15, -0.1) is 0 Å². The Hall–Kier alpha value is -0.870. The van der Waals surface area contributed by atoms with Crippen LogP contribution in [0.4, 0.5) is 0 Å². The van der Waals surface area contributed by atoms with Gasteiger partial charge in [0.15, 0.2) is 0 Å². The molecular weight excluding hydrogens is 336 g/mol. The van der Waals surface area contributed by atoms with Gasteiger partial charge in [-0.05, 0) is 99.0 Å². The number of hydrogen-bond donors (Lipinski definition) is 1. The van der Waals surface area contributed by atoms with Crippen molar-refractivity contribution in [3.8, 4) is 0 Å². The molecule has 4 aliphatic carbocycles. The number of hydrogen-bond acceptors (Lipinski definition) is 4. The van der Waals surface area contributed by atoms with Gasteiger partial charge in [0.1, 0.15) is 6.61 Å². The van der Waals surface area contributed by atoms with Crippen molar-refractivity contribution in [2.24, 2.45) is 39.5 Å². The summed E-state index contributed by atoms with van der Waals surface area (Å²) in [4.78, 5) is 5.48. The maximum absolute atomic E-state index is 5.92. The number of oxime groups is 1. The fourth-order valence-electron chi connectivity index (χ4n) is 7.26. The Balaban J connectivity index is 1.51. The van der Waals surface area contributed by atoms with E-state index in [1.54, 1.807) is 5.57 Å². The summed E-state index contributed by atoms with van der Waals surface area (Å²) in [5.41, 5.74) is 9.08. The van der Waals surface area contributed by atoms with Crippen LogP contribution >= 0.6 is 0 Å². The third kappa shape index (κ3) is 3.17. The van der Waals surface area contributed by atoms with E-state index in [-0.39, 0.29) is 0 Å². The first-order chi connectivity index (χ1) is 13.0. The summed E-state index contributed by atoms with van der Waals surface area (Å²) in [6.45, 7) is 6.36. The Labute approximate surface area is 164 Å². The van der Waals surface area contributed by atoms with Crippen molar-refractivity contribution in [1.29, 1.82) is 0 Å². The van der Waals surface area contributed by atoms with E-state index >= 15 is 0 Å². The highest BCUT2D eigenvalue weighted by atomic mass is 16.6. The lowest BCUT2D eigenvalue weighted by molar-refractivity contribution is -0.0834. The van der Waals surface area contributed by atoms with Gasteiger partial charge >= 0.3 is 0 Å². The van der Waals surface area contributed by atoms with Gasteiger partial charge in [0, 0.05) is 7.11 Å². The maximum Gasteiger partial charge on any atom is 0.118 e. The summed E-state index contributed by atoms with van der Waals surface area (Å²) in [5.74, 6) is 2.57. The average molecular weight is 375 g/mol. The van der Waals surface area contributed by atoms with E-state index in [1.807, 2.05) is 7.11 Å². The molecule has 0 spiro atoms. The molecule has 6 atom stereocenters. The molecule has 0 aliphatic heterocycles. The fraction of sp³-hybridized carbons (Fsp3) is 0.870. The number of nitrogens with two attached hydrogens (primary N) is 1. The molecule has 0 amide bonds. The average Bonchev–Trinajstić information content (AvgIpc) is 3.01. The Kier molecular flexibility index (Phi) is 5.41. The van der Waals surface area contributed by atoms with Crippen molar-refractivity contribution >= 4 is 5.71 Å². The van der Waals surface area contributed by atoms with Gasteiger partial charge in [-0.2, -0.15) is 0 Å². The summed E-state index contributed by atoms with van der Waals surface area (Å²) in [6, 6.07) is 0. The minimum atomic E-state index is 0.367. The van der Waals surface area contributed by atoms with Crippen LogP contribution in [-0.2, 0) is 9.57 Å². The van der Waals surface area contributed by atoms with Crippen molar-refractivity contribution in [1.82, 2.24) is 0 Å². The second kappa shape index (κ2) is 7.51. The first kappa shape index (κ1) is 19.4. The summed E-state index contributed by atoms with van der Waals surface area (Å²) in [7, 11) is 1.92. The summed E-state index contributed by atoms with van der Waals surface area (Å²) in [6.07, 6.45) is 13.9. The molecule has 4 nitrogen and oxygen atoms in total. The normalized spacial score (nSPS) is 45.0. The summed E-state index contributed by atoms with van der Waals surface area (Å²) < 4.78 is 5.92. The van der Waals surface area contributed by atoms with Crippen molar-refractivity contribution in [2.45, 2.75) is 77.7 Å². The number of ether oxygens (including phenoxy) is 1. The van der Waals surface area contributed by atoms with Crippen LogP contribution in [0.2, 0.25) is 0 Å². The number of allylic oxidation sites excluding steroid dienone is 2. The van der Waals surface area contributed by atoms with Crippen LogP contribution in [0.15, 0.2) is 16.8 Å². The smallest absolute Gasteiger partial charge is 0.118 e. The summed E-state index contributed by atoms with van der Waals surface area (Å²) >= 11 is 0. The Morgan fingerprint density at radius 3 is 2.74 bits per heavy atom. The van der Waals surface area contributed by atoms with E-state index < -0.39 is 0 Å². The van der Waals surface area contributed by atoms with Gasteiger partial charge in [0.25, 0.3) is 0 Å². The van der Waals surface area contributed by atoms with Gasteiger partial charge in [-0.1, -0.05) is 24.6 Å². The van der Waals surface area contributed by atoms with Gasteiger partial charge in [0.05, 0.1) is 11.8 Å². The highest BCUT2D eigenvalue weighted by Gasteiger charge is 2.59. The van der Waals surface area contributed by atoms with Gasteiger partial charge < -0.3 is 15.3 Å². The molecule has 3 fully saturated rings. The number of fused-ring (bicyclic) bond motifs is 5. The largest absolute Gasteiger partial charge is 0.396 e. The zero-order valence-corrected chi connectivity index (χ0v) is 17.5. The highest BCUT2D eigenvalue weighted by molar-refractivity contribution is 5.96. The molecule has 152 valence electrons. The van der Waals surface area contributed by atoms with Crippen molar-refractivity contribution in [2.75, 3.05) is 20.3 Å². The lowest BCUT2D eigenvalue weighted by atomic mass is 9.47. The number of nitrogens with zero attached hydrogens (tertiary/aromatic N) is 1. The first-order valence-electron chi connectivity index (χ1n) is 11.2. The van der Waals surface area contributed by atoms with E-state index in [4.69, 9.17) is 15.3 Å². The second-order valence-corrected chi connectivity index (χ2v) is 9.91. The Morgan fingerprint density at radius 1 is 1.11 bits per heavy atom. The standard InChI is InChI=1S/C23H38N2O2/c1-22-11-9-17(25-27-14-4-13-24)15-16(22)5-6-18-19-7-8-21(26-3)23(19,2)12-10-20(18)22/h15,18-21H,4-14,24H2,1-3H3. The maximum atomic E-state index is 5.92. The number of rotatable bonds is 5. The van der Waals surface area contributed by atoms with E-state index in [0.717, 1.165) is 36.3 Å². The van der Waals surface area contributed by atoms with Gasteiger partial charge in [-0.3, -0.25) is 0 Å². The quantitative estimate of drug-likeness (QED) is 0.561. The summed E-state index contributed by atoms with van der Waals surface area (Å²) in [5, 5.41) is 4.40.